The van der Waals surface area contributed by atoms with Crippen molar-refractivity contribution in [3.05, 3.63) is 11.6 Å². The molecule has 2 unspecified atom stereocenters. The Morgan fingerprint density at radius 2 is 2.12 bits per heavy atom. The lowest BCUT2D eigenvalue weighted by atomic mass is 9.83. The van der Waals surface area contributed by atoms with Crippen LogP contribution in [0.4, 0.5) is 0 Å². The average Bonchev–Trinajstić information content (AvgIpc) is 2.53. The van der Waals surface area contributed by atoms with E-state index in [1.807, 2.05) is 0 Å². The van der Waals surface area contributed by atoms with E-state index < -0.39 is 0 Å². The molecular weight excluding hydrogens is 202 g/mol. The monoisotopic (exact) mass is 221 g/mol. The molecule has 0 N–H and O–H groups in total. The normalized spacial score (nSPS) is 30.9. The van der Waals surface area contributed by atoms with Crippen molar-refractivity contribution in [1.82, 2.24) is 4.90 Å². The largest absolute Gasteiger partial charge is 0.272 e. The first-order valence-corrected chi connectivity index (χ1v) is 6.19. The summed E-state index contributed by atoms with van der Waals surface area (Å²) in [6, 6.07) is 0.146. The van der Waals surface area contributed by atoms with Crippen molar-refractivity contribution < 1.29 is 9.59 Å². The van der Waals surface area contributed by atoms with E-state index in [1.54, 1.807) is 6.92 Å². The lowest BCUT2D eigenvalue weighted by Crippen LogP contribution is -2.43. The Balaban J connectivity index is 2.08. The van der Waals surface area contributed by atoms with Crippen LogP contribution in [-0.2, 0) is 9.59 Å². The van der Waals surface area contributed by atoms with E-state index >= 15 is 0 Å². The molecule has 1 saturated carbocycles. The molecule has 2 aliphatic rings. The van der Waals surface area contributed by atoms with Crippen molar-refractivity contribution >= 4 is 11.8 Å². The molecule has 0 aromatic carbocycles. The standard InChI is InChI=1S/C13H19NO2/c1-3-10-5-4-6-11(8-10)14-12(15)7-9(2)13(14)16/h7,10-11H,3-6,8H2,1-2H3. The topological polar surface area (TPSA) is 37.4 Å². The zero-order valence-electron chi connectivity index (χ0n) is 10.0. The van der Waals surface area contributed by atoms with E-state index in [9.17, 15) is 9.59 Å². The SMILES string of the molecule is CCC1CCCC(N2C(=O)C=C(C)C2=O)C1. The Morgan fingerprint density at radius 3 is 2.69 bits per heavy atom. The van der Waals surface area contributed by atoms with Gasteiger partial charge in [-0.15, -0.1) is 0 Å². The van der Waals surface area contributed by atoms with E-state index in [0.717, 1.165) is 25.7 Å². The molecule has 0 spiro atoms. The summed E-state index contributed by atoms with van der Waals surface area (Å²) in [7, 11) is 0. The number of carbonyl (C=O) groups is 2. The Hall–Kier alpha value is -1.12. The molecule has 2 atom stereocenters. The first-order valence-electron chi connectivity index (χ1n) is 6.19. The van der Waals surface area contributed by atoms with Crippen LogP contribution in [0.1, 0.15) is 46.0 Å². The fourth-order valence-corrected chi connectivity index (χ4v) is 2.82. The molecule has 2 rings (SSSR count). The Labute approximate surface area is 96.5 Å². The van der Waals surface area contributed by atoms with Gasteiger partial charge in [-0.2, -0.15) is 0 Å². The highest BCUT2D eigenvalue weighted by molar-refractivity contribution is 6.16. The lowest BCUT2D eigenvalue weighted by Gasteiger charge is -2.33. The van der Waals surface area contributed by atoms with Gasteiger partial charge in [-0.3, -0.25) is 14.5 Å². The summed E-state index contributed by atoms with van der Waals surface area (Å²) in [4.78, 5) is 25.0. The molecule has 0 bridgehead atoms. The summed E-state index contributed by atoms with van der Waals surface area (Å²) in [6.45, 7) is 3.91. The molecule has 1 fully saturated rings. The van der Waals surface area contributed by atoms with Crippen molar-refractivity contribution in [3.8, 4) is 0 Å². The van der Waals surface area contributed by atoms with Crippen molar-refractivity contribution in [2.75, 3.05) is 0 Å². The second-order valence-corrected chi connectivity index (χ2v) is 4.94. The highest BCUT2D eigenvalue weighted by atomic mass is 16.2. The smallest absolute Gasteiger partial charge is 0.256 e. The predicted octanol–water partition coefficient (Wildman–Crippen LogP) is 2.27. The van der Waals surface area contributed by atoms with Crippen LogP contribution < -0.4 is 0 Å². The Morgan fingerprint density at radius 1 is 1.38 bits per heavy atom. The third kappa shape index (κ3) is 1.91. The van der Waals surface area contributed by atoms with Gasteiger partial charge in [-0.05, 0) is 25.7 Å². The molecule has 3 heteroatoms. The molecule has 1 aliphatic carbocycles. The highest BCUT2D eigenvalue weighted by Gasteiger charge is 2.36. The number of rotatable bonds is 2. The number of nitrogens with zero attached hydrogens (tertiary/aromatic N) is 1. The van der Waals surface area contributed by atoms with E-state index in [-0.39, 0.29) is 17.9 Å². The molecule has 0 aromatic rings. The zero-order valence-corrected chi connectivity index (χ0v) is 10.0. The maximum Gasteiger partial charge on any atom is 0.256 e. The molecule has 2 amide bonds. The van der Waals surface area contributed by atoms with Crippen molar-refractivity contribution in [3.63, 3.8) is 0 Å². The summed E-state index contributed by atoms with van der Waals surface area (Å²) < 4.78 is 0. The molecule has 0 aromatic heterocycles. The van der Waals surface area contributed by atoms with Crippen molar-refractivity contribution in [2.45, 2.75) is 52.0 Å². The third-order valence-electron chi connectivity index (χ3n) is 3.83. The fourth-order valence-electron chi connectivity index (χ4n) is 2.82. The summed E-state index contributed by atoms with van der Waals surface area (Å²) in [5.41, 5.74) is 0.587. The average molecular weight is 221 g/mol. The van der Waals surface area contributed by atoms with Crippen LogP contribution in [-0.4, -0.2) is 22.8 Å². The summed E-state index contributed by atoms with van der Waals surface area (Å²) in [5, 5.41) is 0. The van der Waals surface area contributed by atoms with Crippen LogP contribution >= 0.6 is 0 Å². The van der Waals surface area contributed by atoms with Gasteiger partial charge in [0.1, 0.15) is 0 Å². The number of amides is 2. The van der Waals surface area contributed by atoms with Gasteiger partial charge in [0.25, 0.3) is 11.8 Å². The maximum absolute atomic E-state index is 11.8. The number of hydrogen-bond donors (Lipinski definition) is 0. The minimum atomic E-state index is -0.107. The van der Waals surface area contributed by atoms with E-state index in [1.165, 1.54) is 17.4 Å². The molecule has 1 heterocycles. The van der Waals surface area contributed by atoms with E-state index in [0.29, 0.717) is 11.5 Å². The number of carbonyl (C=O) groups excluding carboxylic acids is 2. The molecule has 0 radical (unpaired) electrons. The maximum atomic E-state index is 11.8. The van der Waals surface area contributed by atoms with Gasteiger partial charge in [0.05, 0.1) is 0 Å². The van der Waals surface area contributed by atoms with Crippen LogP contribution in [0.5, 0.6) is 0 Å². The van der Waals surface area contributed by atoms with Crippen LogP contribution in [0.3, 0.4) is 0 Å². The van der Waals surface area contributed by atoms with Crippen LogP contribution in [0.15, 0.2) is 11.6 Å². The highest BCUT2D eigenvalue weighted by Crippen LogP contribution is 2.31. The van der Waals surface area contributed by atoms with Gasteiger partial charge in [-0.25, -0.2) is 0 Å². The van der Waals surface area contributed by atoms with Crippen LogP contribution in [0.2, 0.25) is 0 Å². The second kappa shape index (κ2) is 4.40. The molecule has 1 aliphatic heterocycles. The first kappa shape index (κ1) is 11.4. The van der Waals surface area contributed by atoms with Gasteiger partial charge in [0.2, 0.25) is 0 Å². The third-order valence-corrected chi connectivity index (χ3v) is 3.83. The first-order chi connectivity index (χ1) is 7.63. The summed E-state index contributed by atoms with van der Waals surface area (Å²) in [6.07, 6.45) is 6.98. The van der Waals surface area contributed by atoms with Gasteiger partial charge in [0, 0.05) is 17.7 Å². The molecule has 0 saturated heterocycles. The zero-order chi connectivity index (χ0) is 11.7. The fraction of sp³-hybridized carbons (Fsp3) is 0.692. The van der Waals surface area contributed by atoms with Crippen LogP contribution in [0, 0.1) is 5.92 Å². The summed E-state index contributed by atoms with van der Waals surface area (Å²) in [5.74, 6) is 0.497. The van der Waals surface area contributed by atoms with Crippen molar-refractivity contribution in [1.29, 1.82) is 0 Å². The molecule has 3 nitrogen and oxygen atoms in total. The Bertz CT molecular complexity index is 346. The minimum Gasteiger partial charge on any atom is -0.272 e. The van der Waals surface area contributed by atoms with Crippen LogP contribution in [0.25, 0.3) is 0 Å². The minimum absolute atomic E-state index is 0.0771. The summed E-state index contributed by atoms with van der Waals surface area (Å²) >= 11 is 0. The molecule has 16 heavy (non-hydrogen) atoms. The van der Waals surface area contributed by atoms with Gasteiger partial charge in [-0.1, -0.05) is 26.2 Å². The second-order valence-electron chi connectivity index (χ2n) is 4.94. The molecular formula is C13H19NO2. The lowest BCUT2D eigenvalue weighted by molar-refractivity contribution is -0.141. The van der Waals surface area contributed by atoms with Gasteiger partial charge < -0.3 is 0 Å². The van der Waals surface area contributed by atoms with Crippen molar-refractivity contribution in [2.24, 2.45) is 5.92 Å². The quantitative estimate of drug-likeness (QED) is 0.671. The predicted molar refractivity (Wildman–Crippen MR) is 61.6 cm³/mol. The van der Waals surface area contributed by atoms with E-state index in [2.05, 4.69) is 6.92 Å². The van der Waals surface area contributed by atoms with Gasteiger partial charge >= 0.3 is 0 Å². The Kier molecular flexibility index (Phi) is 3.13. The molecule has 88 valence electrons. The number of imide groups is 1. The van der Waals surface area contributed by atoms with E-state index in [4.69, 9.17) is 0 Å². The van der Waals surface area contributed by atoms with Gasteiger partial charge in [0.15, 0.2) is 0 Å². The number of hydrogen-bond acceptors (Lipinski definition) is 2.